The van der Waals surface area contributed by atoms with Gasteiger partial charge in [-0.3, -0.25) is 4.79 Å². The second-order valence-electron chi connectivity index (χ2n) is 9.47. The zero-order valence-corrected chi connectivity index (χ0v) is 19.5. The van der Waals surface area contributed by atoms with Crippen LogP contribution in [0.25, 0.3) is 11.1 Å². The van der Waals surface area contributed by atoms with Gasteiger partial charge in [0.05, 0.1) is 0 Å². The van der Waals surface area contributed by atoms with E-state index in [1.54, 1.807) is 19.1 Å². The van der Waals surface area contributed by atoms with E-state index >= 15 is 0 Å². The summed E-state index contributed by atoms with van der Waals surface area (Å²) in [4.78, 5) is 12.7. The molecule has 3 aromatic carbocycles. The Morgan fingerprint density at radius 2 is 1.52 bits per heavy atom. The van der Waals surface area contributed by atoms with E-state index in [-0.39, 0.29) is 5.78 Å². The number of carbonyl (C=O) groups is 1. The lowest BCUT2D eigenvalue weighted by Gasteiger charge is -2.28. The summed E-state index contributed by atoms with van der Waals surface area (Å²) >= 11 is 0. The summed E-state index contributed by atoms with van der Waals surface area (Å²) in [6.45, 7) is 3.73. The smallest absolute Gasteiger partial charge is 0.166 e. The maximum Gasteiger partial charge on any atom is 0.166 e. The van der Waals surface area contributed by atoms with Crippen LogP contribution in [-0.2, 0) is 6.42 Å². The highest BCUT2D eigenvalue weighted by Crippen LogP contribution is 2.38. The van der Waals surface area contributed by atoms with Crippen LogP contribution < -0.4 is 0 Å². The summed E-state index contributed by atoms with van der Waals surface area (Å²) in [6, 6.07) is 19.2. The summed E-state index contributed by atoms with van der Waals surface area (Å²) in [5.41, 5.74) is 4.66. The SMILES string of the molecule is CCCc1ccc(C(=O)CC2CCC(c3ccc(-c4ccc(C)c(F)c4F)cc3)CC2)cc1. The molecule has 1 saturated carbocycles. The molecule has 0 N–H and O–H groups in total. The first-order chi connectivity index (χ1) is 16.0. The topological polar surface area (TPSA) is 17.1 Å². The molecule has 0 amide bonds. The third-order valence-electron chi connectivity index (χ3n) is 7.10. The van der Waals surface area contributed by atoms with Crippen molar-refractivity contribution in [2.75, 3.05) is 0 Å². The fraction of sp³-hybridized carbons (Fsp3) is 0.367. The van der Waals surface area contributed by atoms with E-state index < -0.39 is 11.6 Å². The Morgan fingerprint density at radius 3 is 2.15 bits per heavy atom. The van der Waals surface area contributed by atoms with E-state index in [2.05, 4.69) is 19.1 Å². The van der Waals surface area contributed by atoms with Gasteiger partial charge in [0.25, 0.3) is 0 Å². The lowest BCUT2D eigenvalue weighted by Crippen LogP contribution is -2.16. The molecule has 0 aliphatic heterocycles. The predicted octanol–water partition coefficient (Wildman–Crippen LogP) is 8.44. The molecule has 0 saturated heterocycles. The average Bonchev–Trinajstić information content (AvgIpc) is 2.84. The van der Waals surface area contributed by atoms with Crippen molar-refractivity contribution >= 4 is 5.78 Å². The van der Waals surface area contributed by atoms with Crippen molar-refractivity contribution in [1.29, 1.82) is 0 Å². The molecule has 1 fully saturated rings. The number of halogens is 2. The minimum atomic E-state index is -0.784. The van der Waals surface area contributed by atoms with Crippen LogP contribution in [0.5, 0.6) is 0 Å². The highest BCUT2D eigenvalue weighted by Gasteiger charge is 2.24. The van der Waals surface area contributed by atoms with Gasteiger partial charge in [0, 0.05) is 17.5 Å². The molecular formula is C30H32F2O. The fourth-order valence-electron chi connectivity index (χ4n) is 5.03. The van der Waals surface area contributed by atoms with Gasteiger partial charge in [-0.25, -0.2) is 8.78 Å². The number of carbonyl (C=O) groups excluding carboxylic acids is 1. The van der Waals surface area contributed by atoms with Crippen molar-refractivity contribution in [2.24, 2.45) is 5.92 Å². The molecule has 4 rings (SSSR count). The van der Waals surface area contributed by atoms with Gasteiger partial charge in [0.15, 0.2) is 17.4 Å². The Balaban J connectivity index is 1.33. The molecule has 3 heteroatoms. The molecule has 0 spiro atoms. The van der Waals surface area contributed by atoms with Crippen LogP contribution >= 0.6 is 0 Å². The number of hydrogen-bond donors (Lipinski definition) is 0. The quantitative estimate of drug-likeness (QED) is 0.333. The maximum absolute atomic E-state index is 14.3. The molecule has 0 aromatic heterocycles. The maximum atomic E-state index is 14.3. The number of ketones is 1. The molecule has 0 radical (unpaired) electrons. The molecule has 0 unspecified atom stereocenters. The van der Waals surface area contributed by atoms with Gasteiger partial charge in [-0.05, 0) is 73.1 Å². The van der Waals surface area contributed by atoms with Crippen molar-refractivity contribution in [3.63, 3.8) is 0 Å². The van der Waals surface area contributed by atoms with Crippen LogP contribution in [0.15, 0.2) is 60.7 Å². The zero-order chi connectivity index (χ0) is 23.4. The van der Waals surface area contributed by atoms with Gasteiger partial charge in [0.2, 0.25) is 0 Å². The summed E-state index contributed by atoms with van der Waals surface area (Å²) in [5.74, 6) is -0.418. The molecule has 0 bridgehead atoms. The van der Waals surface area contributed by atoms with Gasteiger partial charge < -0.3 is 0 Å². The number of Topliss-reactive ketones (excluding diaryl/α,β-unsaturated/α-hetero) is 1. The molecule has 1 aliphatic rings. The Labute approximate surface area is 195 Å². The Kier molecular flexibility index (Phi) is 7.37. The van der Waals surface area contributed by atoms with Crippen LogP contribution in [0.2, 0.25) is 0 Å². The lowest BCUT2D eigenvalue weighted by atomic mass is 9.76. The Morgan fingerprint density at radius 1 is 0.848 bits per heavy atom. The molecule has 0 heterocycles. The highest BCUT2D eigenvalue weighted by atomic mass is 19.2. The van der Waals surface area contributed by atoms with Crippen LogP contribution in [0.4, 0.5) is 8.78 Å². The predicted molar refractivity (Wildman–Crippen MR) is 131 cm³/mol. The van der Waals surface area contributed by atoms with Gasteiger partial charge >= 0.3 is 0 Å². The number of benzene rings is 3. The molecule has 3 aromatic rings. The third-order valence-corrected chi connectivity index (χ3v) is 7.10. The van der Waals surface area contributed by atoms with Crippen molar-refractivity contribution in [2.45, 2.75) is 64.7 Å². The van der Waals surface area contributed by atoms with Gasteiger partial charge in [0.1, 0.15) is 0 Å². The zero-order valence-electron chi connectivity index (χ0n) is 19.5. The minimum Gasteiger partial charge on any atom is -0.294 e. The highest BCUT2D eigenvalue weighted by molar-refractivity contribution is 5.96. The largest absolute Gasteiger partial charge is 0.294 e. The normalized spacial score (nSPS) is 18.3. The second-order valence-corrected chi connectivity index (χ2v) is 9.47. The van der Waals surface area contributed by atoms with E-state index in [1.165, 1.54) is 11.1 Å². The Bertz CT molecular complexity index is 1090. The molecule has 1 aliphatic carbocycles. The Hall–Kier alpha value is -2.81. The van der Waals surface area contributed by atoms with Crippen LogP contribution in [0, 0.1) is 24.5 Å². The van der Waals surface area contributed by atoms with Crippen LogP contribution in [0.3, 0.4) is 0 Å². The molecule has 0 atom stereocenters. The van der Waals surface area contributed by atoms with Gasteiger partial charge in [-0.2, -0.15) is 0 Å². The molecule has 33 heavy (non-hydrogen) atoms. The fourth-order valence-corrected chi connectivity index (χ4v) is 5.03. The second kappa shape index (κ2) is 10.4. The first kappa shape index (κ1) is 23.4. The van der Waals surface area contributed by atoms with E-state index in [0.717, 1.165) is 44.1 Å². The van der Waals surface area contributed by atoms with Crippen molar-refractivity contribution in [3.05, 3.63) is 94.6 Å². The van der Waals surface area contributed by atoms with Crippen molar-refractivity contribution in [3.8, 4) is 11.1 Å². The van der Waals surface area contributed by atoms with E-state index in [4.69, 9.17) is 0 Å². The van der Waals surface area contributed by atoms with Crippen molar-refractivity contribution < 1.29 is 13.6 Å². The number of rotatable bonds is 7. The summed E-state index contributed by atoms with van der Waals surface area (Å²) in [6.07, 6.45) is 6.99. The van der Waals surface area contributed by atoms with Gasteiger partial charge in [-0.1, -0.05) is 74.0 Å². The molecule has 1 nitrogen and oxygen atoms in total. The first-order valence-corrected chi connectivity index (χ1v) is 12.1. The summed E-state index contributed by atoms with van der Waals surface area (Å²) < 4.78 is 28.3. The first-order valence-electron chi connectivity index (χ1n) is 12.1. The molecule has 172 valence electrons. The van der Waals surface area contributed by atoms with Crippen LogP contribution in [-0.4, -0.2) is 5.78 Å². The summed E-state index contributed by atoms with van der Waals surface area (Å²) in [7, 11) is 0. The molecular weight excluding hydrogens is 414 g/mol. The van der Waals surface area contributed by atoms with E-state index in [1.807, 2.05) is 36.4 Å². The van der Waals surface area contributed by atoms with Crippen molar-refractivity contribution in [1.82, 2.24) is 0 Å². The minimum absolute atomic E-state index is 0.248. The number of aryl methyl sites for hydroxylation is 2. The van der Waals surface area contributed by atoms with E-state index in [9.17, 15) is 13.6 Å². The van der Waals surface area contributed by atoms with Gasteiger partial charge in [-0.15, -0.1) is 0 Å². The standard InChI is InChI=1S/C30H32F2O/c1-3-4-21-6-12-26(13-7-21)28(33)19-22-8-10-23(11-9-22)24-14-16-25(17-15-24)27-18-5-20(2)29(31)30(27)32/h5-7,12-18,22-23H,3-4,8-11,19H2,1-2H3. The van der Waals surface area contributed by atoms with Crippen LogP contribution in [0.1, 0.15) is 78.4 Å². The lowest BCUT2D eigenvalue weighted by molar-refractivity contribution is 0.0948. The third kappa shape index (κ3) is 5.40. The summed E-state index contributed by atoms with van der Waals surface area (Å²) in [5, 5.41) is 0. The number of hydrogen-bond acceptors (Lipinski definition) is 1. The average molecular weight is 447 g/mol. The monoisotopic (exact) mass is 446 g/mol. The van der Waals surface area contributed by atoms with E-state index in [0.29, 0.717) is 34.9 Å².